The first-order valence-electron chi connectivity index (χ1n) is 10.9. The van der Waals surface area contributed by atoms with Crippen molar-refractivity contribution in [1.29, 1.82) is 0 Å². The molecule has 0 saturated heterocycles. The van der Waals surface area contributed by atoms with E-state index in [9.17, 15) is 18.0 Å². The molecule has 0 bridgehead atoms. The van der Waals surface area contributed by atoms with Gasteiger partial charge in [-0.3, -0.25) is 9.59 Å². The zero-order chi connectivity index (χ0) is 25.5. The molecule has 8 nitrogen and oxygen atoms in total. The van der Waals surface area contributed by atoms with E-state index in [0.717, 1.165) is 9.87 Å². The lowest BCUT2D eigenvalue weighted by molar-refractivity contribution is -0.140. The maximum atomic E-state index is 13.3. The van der Waals surface area contributed by atoms with Crippen LogP contribution < -0.4 is 10.1 Å². The predicted molar refractivity (Wildman–Crippen MR) is 132 cm³/mol. The van der Waals surface area contributed by atoms with Crippen LogP contribution in [0.3, 0.4) is 0 Å². The summed E-state index contributed by atoms with van der Waals surface area (Å²) in [6, 6.07) is 12.1. The monoisotopic (exact) mass is 509 g/mol. The third-order valence-corrected chi connectivity index (χ3v) is 7.29. The highest BCUT2D eigenvalue weighted by molar-refractivity contribution is 7.89. The van der Waals surface area contributed by atoms with E-state index in [1.165, 1.54) is 36.2 Å². The zero-order valence-corrected chi connectivity index (χ0v) is 21.7. The standard InChI is InChI=1S/C24H32ClN3O5S/c1-17(2)14-26-24(30)18(3)28(15-19-7-6-8-21(13-19)33-5)23(29)16-27(4)34(31,32)22-11-9-20(25)10-12-22/h6-13,17-18H,14-16H2,1-5H3,(H,26,30)/t18-/m1/s1. The van der Waals surface area contributed by atoms with Crippen LogP contribution in [-0.4, -0.2) is 62.7 Å². The van der Waals surface area contributed by atoms with Crippen LogP contribution >= 0.6 is 11.6 Å². The summed E-state index contributed by atoms with van der Waals surface area (Å²) in [6.45, 7) is 5.72. The van der Waals surface area contributed by atoms with Gasteiger partial charge >= 0.3 is 0 Å². The number of sulfonamides is 1. The number of hydrogen-bond acceptors (Lipinski definition) is 5. The number of nitrogens with zero attached hydrogens (tertiary/aromatic N) is 2. The summed E-state index contributed by atoms with van der Waals surface area (Å²) >= 11 is 5.86. The maximum absolute atomic E-state index is 13.3. The van der Waals surface area contributed by atoms with Gasteiger partial charge in [0.1, 0.15) is 11.8 Å². The number of ether oxygens (including phenoxy) is 1. The highest BCUT2D eigenvalue weighted by Gasteiger charge is 2.30. The first-order valence-corrected chi connectivity index (χ1v) is 12.7. The van der Waals surface area contributed by atoms with Crippen molar-refractivity contribution in [2.45, 2.75) is 38.3 Å². The van der Waals surface area contributed by atoms with Crippen LogP contribution in [0.5, 0.6) is 5.75 Å². The molecular weight excluding hydrogens is 478 g/mol. The number of rotatable bonds is 11. The summed E-state index contributed by atoms with van der Waals surface area (Å²) in [5.41, 5.74) is 0.749. The van der Waals surface area contributed by atoms with Gasteiger partial charge < -0.3 is 15.0 Å². The molecule has 2 rings (SSSR count). The number of benzene rings is 2. The van der Waals surface area contributed by atoms with Gasteiger partial charge in [0.05, 0.1) is 18.6 Å². The van der Waals surface area contributed by atoms with E-state index in [0.29, 0.717) is 17.3 Å². The minimum Gasteiger partial charge on any atom is -0.497 e. The highest BCUT2D eigenvalue weighted by atomic mass is 35.5. The lowest BCUT2D eigenvalue weighted by Gasteiger charge is -2.30. The van der Waals surface area contributed by atoms with Crippen LogP contribution in [0.15, 0.2) is 53.4 Å². The first-order chi connectivity index (χ1) is 15.9. The third-order valence-electron chi connectivity index (χ3n) is 5.22. The Bertz CT molecular complexity index is 1090. The molecule has 2 aromatic rings. The van der Waals surface area contributed by atoms with E-state index >= 15 is 0 Å². The number of halogens is 1. The van der Waals surface area contributed by atoms with Gasteiger partial charge in [-0.05, 0) is 54.8 Å². The zero-order valence-electron chi connectivity index (χ0n) is 20.1. The Morgan fingerprint density at radius 2 is 1.74 bits per heavy atom. The Balaban J connectivity index is 2.27. The molecule has 186 valence electrons. The Hall–Kier alpha value is -2.62. The van der Waals surface area contributed by atoms with Gasteiger partial charge in [0.25, 0.3) is 0 Å². The molecule has 0 fully saturated rings. The Morgan fingerprint density at radius 3 is 2.32 bits per heavy atom. The van der Waals surface area contributed by atoms with Crippen molar-refractivity contribution in [1.82, 2.24) is 14.5 Å². The van der Waals surface area contributed by atoms with Gasteiger partial charge in [0, 0.05) is 25.2 Å². The van der Waals surface area contributed by atoms with Crippen molar-refractivity contribution in [3.63, 3.8) is 0 Å². The molecule has 0 heterocycles. The van der Waals surface area contributed by atoms with E-state index in [-0.39, 0.29) is 23.3 Å². The fraction of sp³-hybridized carbons (Fsp3) is 0.417. The molecule has 0 aromatic heterocycles. The molecule has 34 heavy (non-hydrogen) atoms. The van der Waals surface area contributed by atoms with Gasteiger partial charge in [-0.2, -0.15) is 4.31 Å². The Morgan fingerprint density at radius 1 is 1.09 bits per heavy atom. The molecule has 10 heteroatoms. The molecule has 1 N–H and O–H groups in total. The van der Waals surface area contributed by atoms with E-state index < -0.39 is 28.5 Å². The second-order valence-corrected chi connectivity index (χ2v) is 10.9. The number of nitrogens with one attached hydrogen (secondary N) is 1. The molecule has 0 aliphatic carbocycles. The molecular formula is C24H32ClN3O5S. The lowest BCUT2D eigenvalue weighted by Crippen LogP contribution is -2.51. The molecule has 2 aromatic carbocycles. The lowest BCUT2D eigenvalue weighted by atomic mass is 10.1. The smallest absolute Gasteiger partial charge is 0.243 e. The van der Waals surface area contributed by atoms with E-state index in [4.69, 9.17) is 16.3 Å². The fourth-order valence-corrected chi connectivity index (χ4v) is 4.40. The van der Waals surface area contributed by atoms with Crippen molar-refractivity contribution >= 4 is 33.4 Å². The predicted octanol–water partition coefficient (Wildman–Crippen LogP) is 3.16. The van der Waals surface area contributed by atoms with Gasteiger partial charge in [-0.1, -0.05) is 37.6 Å². The number of amides is 2. The largest absolute Gasteiger partial charge is 0.497 e. The number of likely N-dealkylation sites (N-methyl/N-ethyl adjacent to an activating group) is 1. The summed E-state index contributed by atoms with van der Waals surface area (Å²) in [5.74, 6) is 0.0433. The first kappa shape index (κ1) is 27.6. The van der Waals surface area contributed by atoms with Crippen LogP contribution in [0.1, 0.15) is 26.3 Å². The quantitative estimate of drug-likeness (QED) is 0.502. The fourth-order valence-electron chi connectivity index (χ4n) is 3.16. The van der Waals surface area contributed by atoms with Crippen molar-refractivity contribution in [2.75, 3.05) is 27.2 Å². The SMILES string of the molecule is COc1cccc(CN(C(=O)CN(C)S(=O)(=O)c2ccc(Cl)cc2)[C@H](C)C(=O)NCC(C)C)c1. The molecule has 2 amide bonds. The summed E-state index contributed by atoms with van der Waals surface area (Å²) in [6.07, 6.45) is 0. The normalized spacial score (nSPS) is 12.5. The number of carbonyl (C=O) groups is 2. The van der Waals surface area contributed by atoms with Gasteiger partial charge in [0.2, 0.25) is 21.8 Å². The molecule has 1 atom stereocenters. The average molecular weight is 510 g/mol. The molecule has 0 radical (unpaired) electrons. The van der Waals surface area contributed by atoms with Crippen molar-refractivity contribution in [3.8, 4) is 5.75 Å². The molecule has 0 aliphatic heterocycles. The second-order valence-electron chi connectivity index (χ2n) is 8.40. The minimum atomic E-state index is -3.93. The van der Waals surface area contributed by atoms with E-state index in [2.05, 4.69) is 5.32 Å². The third kappa shape index (κ3) is 7.44. The minimum absolute atomic E-state index is 0.0225. The summed E-state index contributed by atoms with van der Waals surface area (Å²) < 4.78 is 32.1. The summed E-state index contributed by atoms with van der Waals surface area (Å²) in [7, 11) is -1.06. The van der Waals surface area contributed by atoms with Crippen molar-refractivity contribution in [2.24, 2.45) is 5.92 Å². The van der Waals surface area contributed by atoms with Crippen LogP contribution in [0.4, 0.5) is 0 Å². The molecule has 0 aliphatic rings. The molecule has 0 unspecified atom stereocenters. The Labute approximate surface area is 206 Å². The van der Waals surface area contributed by atoms with Crippen LogP contribution in [0.2, 0.25) is 5.02 Å². The van der Waals surface area contributed by atoms with Crippen LogP contribution in [0, 0.1) is 5.92 Å². The highest BCUT2D eigenvalue weighted by Crippen LogP contribution is 2.19. The van der Waals surface area contributed by atoms with Gasteiger partial charge in [0.15, 0.2) is 0 Å². The topological polar surface area (TPSA) is 96.0 Å². The molecule has 0 saturated carbocycles. The molecule has 0 spiro atoms. The summed E-state index contributed by atoms with van der Waals surface area (Å²) in [5, 5.41) is 3.24. The van der Waals surface area contributed by atoms with E-state index in [1.54, 1.807) is 32.2 Å². The van der Waals surface area contributed by atoms with Crippen LogP contribution in [0.25, 0.3) is 0 Å². The van der Waals surface area contributed by atoms with Gasteiger partial charge in [-0.15, -0.1) is 0 Å². The van der Waals surface area contributed by atoms with E-state index in [1.807, 2.05) is 19.9 Å². The number of methoxy groups -OCH3 is 1. The second kappa shape index (κ2) is 12.2. The van der Waals surface area contributed by atoms with Crippen molar-refractivity contribution in [3.05, 3.63) is 59.1 Å². The van der Waals surface area contributed by atoms with Gasteiger partial charge in [-0.25, -0.2) is 8.42 Å². The number of carbonyl (C=O) groups excluding carboxylic acids is 2. The average Bonchev–Trinajstić information content (AvgIpc) is 2.80. The maximum Gasteiger partial charge on any atom is 0.243 e. The number of hydrogen-bond donors (Lipinski definition) is 1. The van der Waals surface area contributed by atoms with Crippen LogP contribution in [-0.2, 0) is 26.2 Å². The summed E-state index contributed by atoms with van der Waals surface area (Å²) in [4.78, 5) is 27.5. The van der Waals surface area contributed by atoms with Crippen molar-refractivity contribution < 1.29 is 22.7 Å². The Kier molecular flexibility index (Phi) is 9.90.